The zero-order valence-electron chi connectivity index (χ0n) is 11.5. The van der Waals surface area contributed by atoms with Crippen molar-refractivity contribution >= 4 is 16.7 Å². The van der Waals surface area contributed by atoms with Gasteiger partial charge in [0.15, 0.2) is 0 Å². The smallest absolute Gasteiger partial charge is 0.258 e. The second-order valence-corrected chi connectivity index (χ2v) is 6.65. The van der Waals surface area contributed by atoms with Crippen LogP contribution in [0.5, 0.6) is 0 Å². The first kappa shape index (κ1) is 13.4. The summed E-state index contributed by atoms with van der Waals surface area (Å²) in [7, 11) is -1.36. The van der Waals surface area contributed by atoms with E-state index in [4.69, 9.17) is 0 Å². The van der Waals surface area contributed by atoms with E-state index in [1.54, 1.807) is 12.1 Å². The molecule has 4 rings (SSSR count). The van der Waals surface area contributed by atoms with Crippen LogP contribution in [0.2, 0.25) is 0 Å². The number of benzene rings is 2. The highest BCUT2D eigenvalue weighted by Gasteiger charge is 2.43. The second-order valence-electron chi connectivity index (χ2n) is 5.26. The fourth-order valence-electron chi connectivity index (χ4n) is 3.10. The maximum atomic E-state index is 12.9. The normalized spacial score (nSPS) is 23.5. The lowest BCUT2D eigenvalue weighted by Gasteiger charge is -2.20. The lowest BCUT2D eigenvalue weighted by Crippen LogP contribution is -2.23. The van der Waals surface area contributed by atoms with Gasteiger partial charge in [-0.3, -0.25) is 10.1 Å². The van der Waals surface area contributed by atoms with Crippen LogP contribution in [-0.2, 0) is 11.0 Å². The zero-order valence-corrected chi connectivity index (χ0v) is 12.3. The Labute approximate surface area is 129 Å². The number of rotatable bonds is 3. The molecule has 22 heavy (non-hydrogen) atoms. The third kappa shape index (κ3) is 1.84. The molecule has 2 bridgehead atoms. The van der Waals surface area contributed by atoms with Crippen molar-refractivity contribution in [1.82, 2.24) is 4.31 Å². The molecule has 3 atom stereocenters. The van der Waals surface area contributed by atoms with Crippen molar-refractivity contribution in [1.29, 1.82) is 0 Å². The van der Waals surface area contributed by atoms with Crippen molar-refractivity contribution in [2.75, 3.05) is 0 Å². The minimum absolute atomic E-state index is 0.00607. The first-order valence-corrected chi connectivity index (χ1v) is 7.99. The van der Waals surface area contributed by atoms with E-state index in [1.807, 2.05) is 16.4 Å². The molecule has 0 spiro atoms. The van der Waals surface area contributed by atoms with E-state index in [2.05, 4.69) is 24.3 Å². The third-order valence-electron chi connectivity index (χ3n) is 4.10. The van der Waals surface area contributed by atoms with E-state index in [-0.39, 0.29) is 17.8 Å². The molecule has 0 aromatic heterocycles. The van der Waals surface area contributed by atoms with E-state index in [9.17, 15) is 14.3 Å². The Hall–Kier alpha value is -2.31. The summed E-state index contributed by atoms with van der Waals surface area (Å²) in [6.07, 6.45) is 4.13. The molecule has 2 heterocycles. The average Bonchev–Trinajstić information content (AvgIpc) is 3.11. The molecule has 110 valence electrons. The summed E-state index contributed by atoms with van der Waals surface area (Å²) in [6, 6.07) is 14.0. The minimum Gasteiger partial charge on any atom is -0.258 e. The van der Waals surface area contributed by atoms with Gasteiger partial charge in [-0.2, -0.15) is 4.31 Å². The van der Waals surface area contributed by atoms with Crippen molar-refractivity contribution in [2.45, 2.75) is 17.0 Å². The number of fused-ring (bicyclic) bond motifs is 5. The molecule has 3 unspecified atom stereocenters. The van der Waals surface area contributed by atoms with Crippen molar-refractivity contribution in [3.63, 3.8) is 0 Å². The van der Waals surface area contributed by atoms with Gasteiger partial charge in [0.05, 0.1) is 21.9 Å². The van der Waals surface area contributed by atoms with Gasteiger partial charge in [-0.25, -0.2) is 4.21 Å². The van der Waals surface area contributed by atoms with Gasteiger partial charge in [-0.05, 0) is 23.3 Å². The van der Waals surface area contributed by atoms with Gasteiger partial charge in [0.2, 0.25) is 0 Å². The topological polar surface area (TPSA) is 63.5 Å². The molecule has 6 heteroatoms. The van der Waals surface area contributed by atoms with Gasteiger partial charge in [0.1, 0.15) is 11.0 Å². The van der Waals surface area contributed by atoms with Crippen LogP contribution in [0, 0.1) is 10.1 Å². The summed E-state index contributed by atoms with van der Waals surface area (Å²) in [6.45, 7) is 0. The Balaban J connectivity index is 1.67. The van der Waals surface area contributed by atoms with Crippen LogP contribution < -0.4 is 0 Å². The molecule has 0 aliphatic carbocycles. The molecule has 0 saturated carbocycles. The molecule has 0 N–H and O–H groups in total. The van der Waals surface area contributed by atoms with Crippen LogP contribution in [0.3, 0.4) is 0 Å². The van der Waals surface area contributed by atoms with Crippen LogP contribution in [0.15, 0.2) is 65.6 Å². The number of hydrogen-bond donors (Lipinski definition) is 0. The monoisotopic (exact) mass is 312 g/mol. The van der Waals surface area contributed by atoms with Crippen molar-refractivity contribution in [3.8, 4) is 0 Å². The van der Waals surface area contributed by atoms with Gasteiger partial charge >= 0.3 is 0 Å². The van der Waals surface area contributed by atoms with E-state index in [0.717, 1.165) is 0 Å². The SMILES string of the molecule is O=[N+]([O-])c1ccc(S(=O)N2C3C=CC2c2ccccc23)cc1. The van der Waals surface area contributed by atoms with Crippen LogP contribution >= 0.6 is 0 Å². The molecule has 0 saturated heterocycles. The van der Waals surface area contributed by atoms with E-state index in [1.165, 1.54) is 23.3 Å². The quantitative estimate of drug-likeness (QED) is 0.496. The Morgan fingerprint density at radius 2 is 1.50 bits per heavy atom. The first-order valence-electron chi connectivity index (χ1n) is 6.88. The summed E-state index contributed by atoms with van der Waals surface area (Å²) in [4.78, 5) is 10.8. The van der Waals surface area contributed by atoms with E-state index >= 15 is 0 Å². The Bertz CT molecular complexity index is 783. The molecule has 2 aliphatic rings. The Morgan fingerprint density at radius 1 is 0.955 bits per heavy atom. The highest BCUT2D eigenvalue weighted by Crippen LogP contribution is 2.50. The average molecular weight is 312 g/mol. The second kappa shape index (κ2) is 4.86. The molecule has 2 aliphatic heterocycles. The van der Waals surface area contributed by atoms with Crippen LogP contribution in [0.4, 0.5) is 5.69 Å². The number of hydrogen-bond acceptors (Lipinski definition) is 3. The molecule has 5 nitrogen and oxygen atoms in total. The van der Waals surface area contributed by atoms with Crippen molar-refractivity contribution in [2.24, 2.45) is 0 Å². The Morgan fingerprint density at radius 3 is 2.00 bits per heavy atom. The van der Waals surface area contributed by atoms with Gasteiger partial charge < -0.3 is 0 Å². The number of nitro benzene ring substituents is 1. The standard InChI is InChI=1S/C16H12N2O3S/c19-18(20)11-5-7-12(8-6-11)22(21)17-15-9-10-16(17)14-4-2-1-3-13(14)15/h1-10,15-16H. The van der Waals surface area contributed by atoms with E-state index < -0.39 is 15.9 Å². The molecular formula is C16H12N2O3S. The fourth-order valence-corrected chi connectivity index (χ4v) is 4.49. The molecule has 2 aromatic carbocycles. The summed E-state index contributed by atoms with van der Waals surface area (Å²) in [5.74, 6) is 0. The first-order chi connectivity index (χ1) is 10.7. The highest BCUT2D eigenvalue weighted by molar-refractivity contribution is 7.82. The lowest BCUT2D eigenvalue weighted by molar-refractivity contribution is -0.384. The number of nitro groups is 1. The third-order valence-corrected chi connectivity index (χ3v) is 5.61. The zero-order chi connectivity index (χ0) is 15.3. The Kier molecular flexibility index (Phi) is 2.95. The highest BCUT2D eigenvalue weighted by atomic mass is 32.2. The summed E-state index contributed by atoms with van der Waals surface area (Å²) < 4.78 is 14.8. The van der Waals surface area contributed by atoms with E-state index in [0.29, 0.717) is 4.90 Å². The van der Waals surface area contributed by atoms with Gasteiger partial charge in [0.25, 0.3) is 5.69 Å². The summed E-state index contributed by atoms with van der Waals surface area (Å²) in [5, 5.41) is 10.7. The number of non-ortho nitro benzene ring substituents is 1. The van der Waals surface area contributed by atoms with Crippen molar-refractivity contribution in [3.05, 3.63) is 81.9 Å². The predicted octanol–water partition coefficient (Wildman–Crippen LogP) is 3.29. The maximum absolute atomic E-state index is 12.9. The molecule has 0 amide bonds. The number of nitrogens with zero attached hydrogens (tertiary/aromatic N) is 2. The largest absolute Gasteiger partial charge is 0.269 e. The molecule has 2 aromatic rings. The molecule has 0 radical (unpaired) electrons. The predicted molar refractivity (Wildman–Crippen MR) is 82.4 cm³/mol. The maximum Gasteiger partial charge on any atom is 0.269 e. The summed E-state index contributed by atoms with van der Waals surface area (Å²) in [5.41, 5.74) is 2.38. The van der Waals surface area contributed by atoms with Crippen molar-refractivity contribution < 1.29 is 9.13 Å². The lowest BCUT2D eigenvalue weighted by atomic mass is 9.97. The van der Waals surface area contributed by atoms with Crippen LogP contribution in [0.1, 0.15) is 23.2 Å². The molecule has 0 fully saturated rings. The van der Waals surface area contributed by atoms with Gasteiger partial charge in [-0.15, -0.1) is 0 Å². The summed E-state index contributed by atoms with van der Waals surface area (Å²) >= 11 is 0. The van der Waals surface area contributed by atoms with Crippen LogP contribution in [0.25, 0.3) is 0 Å². The molecular weight excluding hydrogens is 300 g/mol. The minimum atomic E-state index is -1.36. The fraction of sp³-hybridized carbons (Fsp3) is 0.125. The van der Waals surface area contributed by atoms with Gasteiger partial charge in [0, 0.05) is 12.1 Å². The van der Waals surface area contributed by atoms with Gasteiger partial charge in [-0.1, -0.05) is 36.4 Å². The van der Waals surface area contributed by atoms with Crippen LogP contribution in [-0.4, -0.2) is 13.4 Å².